The fraction of sp³-hybridized carbons (Fsp3) is 0.240. The summed E-state index contributed by atoms with van der Waals surface area (Å²) in [4.78, 5) is 7.05. The highest BCUT2D eigenvalue weighted by Crippen LogP contribution is 2.35. The Morgan fingerprint density at radius 1 is 0.974 bits per heavy atom. The molecule has 0 radical (unpaired) electrons. The number of halogens is 3. The number of benzene rings is 2. The maximum absolute atomic E-state index is 13.0. The molecule has 8 nitrogen and oxygen atoms in total. The van der Waals surface area contributed by atoms with E-state index in [1.807, 2.05) is 0 Å². The summed E-state index contributed by atoms with van der Waals surface area (Å²) in [5.41, 5.74) is -4.80. The van der Waals surface area contributed by atoms with Crippen molar-refractivity contribution in [1.82, 2.24) is 9.97 Å². The molecule has 38 heavy (non-hydrogen) atoms. The van der Waals surface area contributed by atoms with Crippen LogP contribution in [0.25, 0.3) is 33.8 Å². The molecule has 0 aliphatic heterocycles. The van der Waals surface area contributed by atoms with E-state index in [9.17, 15) is 35.3 Å². The zero-order valence-electron chi connectivity index (χ0n) is 20.2. The van der Waals surface area contributed by atoms with Gasteiger partial charge in [-0.05, 0) is 49.2 Å². The van der Waals surface area contributed by atoms with Gasteiger partial charge in [0.2, 0.25) is 5.89 Å². The second-order valence-electron chi connectivity index (χ2n) is 8.89. The van der Waals surface area contributed by atoms with Crippen molar-refractivity contribution < 1.29 is 34.4 Å². The summed E-state index contributed by atoms with van der Waals surface area (Å²) < 4.78 is 93.9. The largest absolute Gasteiger partial charge is 0.501 e. The van der Waals surface area contributed by atoms with Gasteiger partial charge in [0, 0.05) is 11.8 Å². The van der Waals surface area contributed by atoms with Crippen molar-refractivity contribution in [3.05, 3.63) is 60.3 Å². The van der Waals surface area contributed by atoms with Crippen LogP contribution in [0.2, 0.25) is 0 Å². The molecule has 0 aliphatic carbocycles. The first-order valence-electron chi connectivity index (χ1n) is 11.1. The molecule has 4 rings (SSSR count). The first kappa shape index (κ1) is 27.3. The maximum Gasteiger partial charge on any atom is 0.501 e. The minimum atomic E-state index is -5.62. The highest BCUT2D eigenvalue weighted by Gasteiger charge is 2.47. The number of pyridine rings is 1. The summed E-state index contributed by atoms with van der Waals surface area (Å²) in [5, 5.41) is 9.35. The van der Waals surface area contributed by atoms with Crippen LogP contribution >= 0.6 is 0 Å². The molecule has 0 spiro atoms. The third-order valence-electron chi connectivity index (χ3n) is 5.96. The van der Waals surface area contributed by atoms with Crippen LogP contribution in [0, 0.1) is 11.3 Å². The summed E-state index contributed by atoms with van der Waals surface area (Å²) in [5.74, 6) is -0.583. The van der Waals surface area contributed by atoms with Gasteiger partial charge in [-0.15, -0.1) is 0 Å². The Labute approximate surface area is 216 Å². The van der Waals surface area contributed by atoms with Crippen LogP contribution in [-0.2, 0) is 25.1 Å². The number of oxazole rings is 1. The average molecular weight is 564 g/mol. The monoisotopic (exact) mass is 563 g/mol. The minimum absolute atomic E-state index is 0.0532. The molecule has 0 bridgehead atoms. The van der Waals surface area contributed by atoms with Crippen LogP contribution in [-0.4, -0.2) is 38.1 Å². The zero-order valence-corrected chi connectivity index (χ0v) is 21.9. The van der Waals surface area contributed by atoms with Gasteiger partial charge in [0.1, 0.15) is 11.2 Å². The SMILES string of the molecule is CCS(=O)(=O)c1cc(-c2ccc(C(C)(C)C#N)cc2)cnc1-c1nc2cc(S(=O)(=O)C(F)(F)F)ccc2o1. The van der Waals surface area contributed by atoms with E-state index in [4.69, 9.17) is 4.42 Å². The van der Waals surface area contributed by atoms with Crippen LogP contribution < -0.4 is 0 Å². The van der Waals surface area contributed by atoms with Crippen LogP contribution in [0.3, 0.4) is 0 Å². The highest BCUT2D eigenvalue weighted by molar-refractivity contribution is 7.92. The van der Waals surface area contributed by atoms with Crippen molar-refractivity contribution in [3.63, 3.8) is 0 Å². The Kier molecular flexibility index (Phi) is 6.61. The molecule has 2 aromatic heterocycles. The lowest BCUT2D eigenvalue weighted by molar-refractivity contribution is -0.0435. The Bertz CT molecular complexity index is 1800. The highest BCUT2D eigenvalue weighted by atomic mass is 32.2. The number of fused-ring (bicyclic) bond motifs is 1. The molecule has 0 N–H and O–H groups in total. The van der Waals surface area contributed by atoms with Crippen LogP contribution in [0.1, 0.15) is 26.3 Å². The smallest absolute Gasteiger partial charge is 0.435 e. The lowest BCUT2D eigenvalue weighted by Gasteiger charge is -2.16. The summed E-state index contributed by atoms with van der Waals surface area (Å²) in [6, 6.07) is 13.0. The van der Waals surface area contributed by atoms with E-state index in [0.717, 1.165) is 17.7 Å². The van der Waals surface area contributed by atoms with Gasteiger partial charge < -0.3 is 4.42 Å². The predicted octanol–water partition coefficient (Wildman–Crippen LogP) is 5.45. The first-order chi connectivity index (χ1) is 17.6. The van der Waals surface area contributed by atoms with Crippen molar-refractivity contribution in [1.29, 1.82) is 5.26 Å². The molecular weight excluding hydrogens is 543 g/mol. The Balaban J connectivity index is 1.83. The first-order valence-corrected chi connectivity index (χ1v) is 14.2. The lowest BCUT2D eigenvalue weighted by Crippen LogP contribution is -2.23. The Hall–Kier alpha value is -3.76. The van der Waals surface area contributed by atoms with E-state index in [0.29, 0.717) is 17.2 Å². The molecule has 0 atom stereocenters. The van der Waals surface area contributed by atoms with Gasteiger partial charge >= 0.3 is 5.51 Å². The van der Waals surface area contributed by atoms with Gasteiger partial charge in [-0.1, -0.05) is 31.2 Å². The molecule has 2 aromatic carbocycles. The molecule has 0 saturated heterocycles. The zero-order chi connectivity index (χ0) is 28.1. The van der Waals surface area contributed by atoms with E-state index in [1.54, 1.807) is 38.1 Å². The van der Waals surface area contributed by atoms with E-state index >= 15 is 0 Å². The molecule has 0 unspecified atom stereocenters. The molecule has 0 fully saturated rings. The Morgan fingerprint density at radius 2 is 1.63 bits per heavy atom. The molecule has 198 valence electrons. The second kappa shape index (κ2) is 9.21. The third-order valence-corrected chi connectivity index (χ3v) is 9.19. The van der Waals surface area contributed by atoms with Crippen LogP contribution in [0.4, 0.5) is 13.2 Å². The number of rotatable bonds is 6. The lowest BCUT2D eigenvalue weighted by atomic mass is 9.85. The van der Waals surface area contributed by atoms with Crippen LogP contribution in [0.5, 0.6) is 0 Å². The van der Waals surface area contributed by atoms with Crippen molar-refractivity contribution in [2.75, 3.05) is 5.75 Å². The third kappa shape index (κ3) is 4.77. The van der Waals surface area contributed by atoms with E-state index in [2.05, 4.69) is 16.0 Å². The average Bonchev–Trinajstić information content (AvgIpc) is 3.31. The molecule has 0 amide bonds. The van der Waals surface area contributed by atoms with Gasteiger partial charge in [0.05, 0.1) is 27.0 Å². The normalized spacial score (nSPS) is 13.0. The fourth-order valence-electron chi connectivity index (χ4n) is 3.61. The number of sulfone groups is 2. The number of hydrogen-bond acceptors (Lipinski definition) is 8. The molecule has 0 saturated carbocycles. The molecular formula is C25H20F3N3O5S2. The predicted molar refractivity (Wildman–Crippen MR) is 132 cm³/mol. The minimum Gasteiger partial charge on any atom is -0.435 e. The van der Waals surface area contributed by atoms with Crippen molar-refractivity contribution in [2.45, 2.75) is 41.5 Å². The molecule has 13 heteroatoms. The molecule has 0 aliphatic rings. The molecule has 2 heterocycles. The van der Waals surface area contributed by atoms with Crippen LogP contribution in [0.15, 0.2) is 68.9 Å². The summed E-state index contributed by atoms with van der Waals surface area (Å²) in [7, 11) is -9.50. The fourth-order valence-corrected chi connectivity index (χ4v) is 5.44. The van der Waals surface area contributed by atoms with Crippen molar-refractivity contribution in [2.24, 2.45) is 0 Å². The standard InChI is InChI=1S/C25H20F3N3O5S2/c1-4-37(32,33)21-11-16(15-5-7-17(8-6-15)24(2,3)14-29)13-30-22(21)23-31-19-12-18(9-10-20(19)36-23)38(34,35)25(26,27)28/h5-13H,4H2,1-3H3. The van der Waals surface area contributed by atoms with Gasteiger partial charge in [-0.25, -0.2) is 26.8 Å². The number of nitriles is 1. The van der Waals surface area contributed by atoms with Gasteiger partial charge in [0.15, 0.2) is 15.4 Å². The van der Waals surface area contributed by atoms with Gasteiger partial charge in [-0.3, -0.25) is 0 Å². The van der Waals surface area contributed by atoms with E-state index < -0.39 is 35.5 Å². The van der Waals surface area contributed by atoms with E-state index in [-0.39, 0.29) is 33.3 Å². The number of nitrogens with zero attached hydrogens (tertiary/aromatic N) is 3. The topological polar surface area (TPSA) is 131 Å². The summed E-state index contributed by atoms with van der Waals surface area (Å²) in [6.45, 7) is 4.98. The van der Waals surface area contributed by atoms with Gasteiger partial charge in [0.25, 0.3) is 9.84 Å². The summed E-state index contributed by atoms with van der Waals surface area (Å²) in [6.07, 6.45) is 1.39. The van der Waals surface area contributed by atoms with E-state index in [1.165, 1.54) is 19.2 Å². The summed E-state index contributed by atoms with van der Waals surface area (Å²) >= 11 is 0. The number of aromatic nitrogens is 2. The van der Waals surface area contributed by atoms with Crippen molar-refractivity contribution >= 4 is 30.8 Å². The van der Waals surface area contributed by atoms with Crippen molar-refractivity contribution in [3.8, 4) is 28.8 Å². The maximum atomic E-state index is 13.0. The quantitative estimate of drug-likeness (QED) is 0.303. The molecule has 4 aromatic rings. The Morgan fingerprint density at radius 3 is 2.21 bits per heavy atom. The number of alkyl halides is 3. The number of hydrogen-bond donors (Lipinski definition) is 0. The van der Waals surface area contributed by atoms with Gasteiger partial charge in [-0.2, -0.15) is 18.4 Å². The second-order valence-corrected chi connectivity index (χ2v) is 13.1.